The van der Waals surface area contributed by atoms with Gasteiger partial charge in [0.2, 0.25) is 5.91 Å². The Hall–Kier alpha value is -3.44. The maximum absolute atomic E-state index is 12.9. The van der Waals surface area contributed by atoms with Gasteiger partial charge in [0.1, 0.15) is 0 Å². The second-order valence-corrected chi connectivity index (χ2v) is 9.70. The Morgan fingerprint density at radius 3 is 2.53 bits per heavy atom. The number of nitro benzene ring substituents is 1. The number of anilines is 1. The molecule has 0 saturated carbocycles. The van der Waals surface area contributed by atoms with E-state index in [9.17, 15) is 19.7 Å². The summed E-state index contributed by atoms with van der Waals surface area (Å²) < 4.78 is 1.87. The van der Waals surface area contributed by atoms with Crippen LogP contribution in [-0.2, 0) is 11.3 Å². The lowest BCUT2D eigenvalue weighted by Crippen LogP contribution is -2.34. The molecule has 0 unspecified atom stereocenters. The molecule has 0 aliphatic rings. The summed E-state index contributed by atoms with van der Waals surface area (Å²) in [6.07, 6.45) is 0. The minimum Gasteiger partial charge on any atom is -0.342 e. The summed E-state index contributed by atoms with van der Waals surface area (Å²) in [7, 11) is 0. The summed E-state index contributed by atoms with van der Waals surface area (Å²) in [5, 5.41) is 26.2. The standard InChI is InChI=1S/C24H27ClN6O4S/c1-5-30-22(21(14(2)3)27-23(33)17-8-6-7-9-18(17)25)28-29-24(30)36-13-20(32)26-19-11-10-16(31(34)35)12-15(19)4/h6-12,14,21H,5,13H2,1-4H3,(H,26,32)(H,27,33)/t21-/m1/s1. The van der Waals surface area contributed by atoms with Crippen LogP contribution >= 0.6 is 23.4 Å². The van der Waals surface area contributed by atoms with Gasteiger partial charge in [-0.1, -0.05) is 49.3 Å². The van der Waals surface area contributed by atoms with Crippen LogP contribution in [0.15, 0.2) is 47.6 Å². The normalized spacial score (nSPS) is 11.8. The molecule has 10 nitrogen and oxygen atoms in total. The molecule has 0 bridgehead atoms. The first-order valence-electron chi connectivity index (χ1n) is 11.3. The van der Waals surface area contributed by atoms with Crippen molar-refractivity contribution in [2.45, 2.75) is 45.4 Å². The number of nitro groups is 1. The number of hydrogen-bond donors (Lipinski definition) is 2. The highest BCUT2D eigenvalue weighted by Crippen LogP contribution is 2.27. The summed E-state index contributed by atoms with van der Waals surface area (Å²) in [6, 6.07) is 10.7. The Balaban J connectivity index is 1.71. The molecule has 3 aromatic rings. The van der Waals surface area contributed by atoms with E-state index in [0.717, 1.165) is 0 Å². The molecule has 3 rings (SSSR count). The third kappa shape index (κ3) is 6.41. The predicted molar refractivity (Wildman–Crippen MR) is 139 cm³/mol. The predicted octanol–water partition coefficient (Wildman–Crippen LogP) is 5.03. The number of non-ortho nitro benzene ring substituents is 1. The van der Waals surface area contributed by atoms with E-state index in [4.69, 9.17) is 11.6 Å². The van der Waals surface area contributed by atoms with Crippen LogP contribution in [0.25, 0.3) is 0 Å². The summed E-state index contributed by atoms with van der Waals surface area (Å²) >= 11 is 7.40. The molecule has 2 N–H and O–H groups in total. The smallest absolute Gasteiger partial charge is 0.269 e. The number of thioether (sulfide) groups is 1. The van der Waals surface area contributed by atoms with Gasteiger partial charge in [-0.3, -0.25) is 19.7 Å². The van der Waals surface area contributed by atoms with Crippen molar-refractivity contribution in [3.63, 3.8) is 0 Å². The number of carbonyl (C=O) groups is 2. The minimum absolute atomic E-state index is 0.0113. The Labute approximate surface area is 218 Å². The summed E-state index contributed by atoms with van der Waals surface area (Å²) in [5.74, 6) is 0.0696. The van der Waals surface area contributed by atoms with E-state index in [1.165, 1.54) is 30.0 Å². The van der Waals surface area contributed by atoms with Gasteiger partial charge < -0.3 is 15.2 Å². The van der Waals surface area contributed by atoms with Crippen molar-refractivity contribution in [2.75, 3.05) is 11.1 Å². The number of nitrogens with one attached hydrogen (secondary N) is 2. The van der Waals surface area contributed by atoms with Crippen LogP contribution in [0.4, 0.5) is 11.4 Å². The summed E-state index contributed by atoms with van der Waals surface area (Å²) in [5.41, 5.74) is 1.44. The third-order valence-electron chi connectivity index (χ3n) is 5.44. The van der Waals surface area contributed by atoms with Crippen LogP contribution in [0.3, 0.4) is 0 Å². The number of hydrogen-bond acceptors (Lipinski definition) is 7. The molecule has 0 fully saturated rings. The number of rotatable bonds is 10. The van der Waals surface area contributed by atoms with E-state index >= 15 is 0 Å². The fraction of sp³-hybridized carbons (Fsp3) is 0.333. The van der Waals surface area contributed by atoms with Gasteiger partial charge in [0.25, 0.3) is 11.6 Å². The number of halogens is 1. The van der Waals surface area contributed by atoms with Crippen molar-refractivity contribution >= 4 is 46.6 Å². The lowest BCUT2D eigenvalue weighted by atomic mass is 10.0. The second-order valence-electron chi connectivity index (χ2n) is 8.35. The van der Waals surface area contributed by atoms with Gasteiger partial charge in [-0.15, -0.1) is 10.2 Å². The average molecular weight is 531 g/mol. The number of aromatic nitrogens is 3. The van der Waals surface area contributed by atoms with Gasteiger partial charge in [0, 0.05) is 24.4 Å². The molecule has 0 radical (unpaired) electrons. The minimum atomic E-state index is -0.481. The van der Waals surface area contributed by atoms with E-state index in [2.05, 4.69) is 20.8 Å². The maximum atomic E-state index is 12.9. The van der Waals surface area contributed by atoms with E-state index < -0.39 is 11.0 Å². The monoisotopic (exact) mass is 530 g/mol. The van der Waals surface area contributed by atoms with Crippen LogP contribution in [0.1, 0.15) is 48.6 Å². The lowest BCUT2D eigenvalue weighted by molar-refractivity contribution is -0.384. The van der Waals surface area contributed by atoms with E-state index in [1.807, 2.05) is 25.3 Å². The molecule has 36 heavy (non-hydrogen) atoms. The molecule has 1 aromatic heterocycles. The number of nitrogens with zero attached hydrogens (tertiary/aromatic N) is 4. The first-order chi connectivity index (χ1) is 17.1. The number of carbonyl (C=O) groups excluding carboxylic acids is 2. The summed E-state index contributed by atoms with van der Waals surface area (Å²) in [6.45, 7) is 8.11. The zero-order valence-corrected chi connectivity index (χ0v) is 21.9. The third-order valence-corrected chi connectivity index (χ3v) is 6.74. The van der Waals surface area contributed by atoms with Crippen molar-refractivity contribution in [2.24, 2.45) is 5.92 Å². The van der Waals surface area contributed by atoms with Gasteiger partial charge in [0.15, 0.2) is 11.0 Å². The van der Waals surface area contributed by atoms with Crippen molar-refractivity contribution in [3.8, 4) is 0 Å². The number of benzene rings is 2. The van der Waals surface area contributed by atoms with Crippen molar-refractivity contribution in [1.82, 2.24) is 20.1 Å². The SMILES string of the molecule is CCn1c(SCC(=O)Nc2ccc([N+](=O)[O-])cc2C)nnc1[C@H](NC(=O)c1ccccc1Cl)C(C)C. The average Bonchev–Trinajstić information content (AvgIpc) is 3.24. The summed E-state index contributed by atoms with van der Waals surface area (Å²) in [4.78, 5) is 35.9. The molecule has 190 valence electrons. The van der Waals surface area contributed by atoms with Gasteiger partial charge in [0.05, 0.1) is 27.3 Å². The van der Waals surface area contributed by atoms with Gasteiger partial charge in [-0.05, 0) is 43.5 Å². The van der Waals surface area contributed by atoms with Crippen molar-refractivity contribution < 1.29 is 14.5 Å². The molecule has 2 amide bonds. The highest BCUT2D eigenvalue weighted by atomic mass is 35.5. The van der Waals surface area contributed by atoms with Crippen LogP contribution in [0.5, 0.6) is 0 Å². The molecule has 0 aliphatic heterocycles. The van der Waals surface area contributed by atoms with E-state index in [-0.39, 0.29) is 29.2 Å². The molecule has 1 atom stereocenters. The maximum Gasteiger partial charge on any atom is 0.269 e. The van der Waals surface area contributed by atoms with Crippen molar-refractivity contribution in [1.29, 1.82) is 0 Å². The zero-order valence-electron chi connectivity index (χ0n) is 20.3. The highest BCUT2D eigenvalue weighted by Gasteiger charge is 2.27. The molecule has 0 aliphatic carbocycles. The van der Waals surface area contributed by atoms with E-state index in [0.29, 0.717) is 39.4 Å². The number of amides is 2. The Morgan fingerprint density at radius 1 is 1.19 bits per heavy atom. The molecule has 12 heteroatoms. The first-order valence-corrected chi connectivity index (χ1v) is 12.6. The van der Waals surface area contributed by atoms with Crippen LogP contribution in [0, 0.1) is 23.0 Å². The van der Waals surface area contributed by atoms with Crippen LogP contribution in [-0.4, -0.2) is 37.3 Å². The van der Waals surface area contributed by atoms with Crippen LogP contribution in [0.2, 0.25) is 5.02 Å². The molecule has 0 spiro atoms. The molecular formula is C24H27ClN6O4S. The quantitative estimate of drug-likeness (QED) is 0.213. The van der Waals surface area contributed by atoms with Gasteiger partial charge >= 0.3 is 0 Å². The van der Waals surface area contributed by atoms with Gasteiger partial charge in [-0.2, -0.15) is 0 Å². The first kappa shape index (κ1) is 27.2. The number of aryl methyl sites for hydroxylation is 1. The second kappa shape index (κ2) is 12.0. The molecule has 1 heterocycles. The topological polar surface area (TPSA) is 132 Å². The Bertz CT molecular complexity index is 1280. The largest absolute Gasteiger partial charge is 0.342 e. The van der Waals surface area contributed by atoms with Crippen molar-refractivity contribution in [3.05, 3.63) is 74.6 Å². The van der Waals surface area contributed by atoms with E-state index in [1.54, 1.807) is 31.2 Å². The fourth-order valence-corrected chi connectivity index (χ4v) is 4.58. The van der Waals surface area contributed by atoms with Crippen LogP contribution < -0.4 is 10.6 Å². The fourth-order valence-electron chi connectivity index (χ4n) is 3.55. The lowest BCUT2D eigenvalue weighted by Gasteiger charge is -2.22. The molecule has 0 saturated heterocycles. The highest BCUT2D eigenvalue weighted by molar-refractivity contribution is 7.99. The molecular weight excluding hydrogens is 504 g/mol. The molecule has 2 aromatic carbocycles. The Kier molecular flexibility index (Phi) is 9.05. The van der Waals surface area contributed by atoms with Gasteiger partial charge in [-0.25, -0.2) is 0 Å². The Morgan fingerprint density at radius 2 is 1.92 bits per heavy atom. The zero-order chi connectivity index (χ0) is 26.4.